The van der Waals surface area contributed by atoms with Crippen molar-refractivity contribution in [2.75, 3.05) is 13.1 Å². The maximum atomic E-state index is 13.5. The Kier molecular flexibility index (Phi) is 5.38. The number of hydrogen-bond donors (Lipinski definition) is 0. The highest BCUT2D eigenvalue weighted by molar-refractivity contribution is 7.13. The quantitative estimate of drug-likeness (QED) is 0.473. The number of aryl methyl sites for hydroxylation is 1. The molecule has 1 saturated heterocycles. The van der Waals surface area contributed by atoms with E-state index in [1.807, 2.05) is 58.9 Å². The number of hydrogen-bond acceptors (Lipinski definition) is 5. The lowest BCUT2D eigenvalue weighted by Gasteiger charge is -2.31. The van der Waals surface area contributed by atoms with Gasteiger partial charge in [0.25, 0.3) is 5.91 Å². The van der Waals surface area contributed by atoms with Crippen LogP contribution in [0.2, 0.25) is 0 Å². The highest BCUT2D eigenvalue weighted by atomic mass is 32.1. The zero-order chi connectivity index (χ0) is 21.2. The number of rotatable bonds is 5. The van der Waals surface area contributed by atoms with Crippen LogP contribution in [0.4, 0.5) is 0 Å². The van der Waals surface area contributed by atoms with E-state index in [1.165, 1.54) is 0 Å². The van der Waals surface area contributed by atoms with Gasteiger partial charge in [-0.15, -0.1) is 21.5 Å². The summed E-state index contributed by atoms with van der Waals surface area (Å²) in [5.74, 6) is 1.42. The van der Waals surface area contributed by atoms with Crippen LogP contribution in [0.15, 0.2) is 60.4 Å². The van der Waals surface area contributed by atoms with Gasteiger partial charge >= 0.3 is 0 Å². The number of thiophene rings is 1. The monoisotopic (exact) mass is 432 g/mol. The second-order valence-electron chi connectivity index (χ2n) is 7.69. The molecule has 0 unspecified atom stereocenters. The van der Waals surface area contributed by atoms with Crippen LogP contribution in [-0.4, -0.2) is 48.4 Å². The molecule has 158 valence electrons. The molecule has 3 aromatic heterocycles. The molecule has 4 aromatic rings. The number of piperidine rings is 1. The van der Waals surface area contributed by atoms with Crippen LogP contribution in [0, 0.1) is 0 Å². The van der Waals surface area contributed by atoms with Gasteiger partial charge in [-0.25, -0.2) is 4.68 Å². The molecular weight excluding hydrogens is 408 g/mol. The van der Waals surface area contributed by atoms with Crippen molar-refractivity contribution in [2.45, 2.75) is 32.2 Å². The number of aromatic nitrogens is 5. The van der Waals surface area contributed by atoms with Crippen LogP contribution in [0.1, 0.15) is 41.9 Å². The molecule has 1 aliphatic rings. The molecule has 0 spiro atoms. The van der Waals surface area contributed by atoms with Crippen molar-refractivity contribution in [1.29, 1.82) is 0 Å². The predicted octanol–water partition coefficient (Wildman–Crippen LogP) is 4.23. The first-order valence-corrected chi connectivity index (χ1v) is 11.5. The molecule has 1 aliphatic heterocycles. The van der Waals surface area contributed by atoms with Gasteiger partial charge in [-0.1, -0.05) is 24.3 Å². The molecule has 31 heavy (non-hydrogen) atoms. The Morgan fingerprint density at radius 2 is 1.94 bits per heavy atom. The number of para-hydroxylation sites is 1. The first-order chi connectivity index (χ1) is 15.2. The van der Waals surface area contributed by atoms with Gasteiger partial charge in [0, 0.05) is 31.7 Å². The zero-order valence-electron chi connectivity index (χ0n) is 17.4. The number of benzene rings is 1. The van der Waals surface area contributed by atoms with Gasteiger partial charge < -0.3 is 9.47 Å². The van der Waals surface area contributed by atoms with Crippen molar-refractivity contribution >= 4 is 17.2 Å². The second kappa shape index (κ2) is 8.47. The normalized spacial score (nSPS) is 14.8. The molecule has 0 N–H and O–H groups in total. The van der Waals surface area contributed by atoms with Crippen LogP contribution in [0.3, 0.4) is 0 Å². The second-order valence-corrected chi connectivity index (χ2v) is 8.64. The third-order valence-corrected chi connectivity index (χ3v) is 6.73. The minimum Gasteiger partial charge on any atom is -0.338 e. The molecule has 1 aromatic carbocycles. The van der Waals surface area contributed by atoms with Crippen molar-refractivity contribution in [3.8, 4) is 16.3 Å². The van der Waals surface area contributed by atoms with E-state index in [0.717, 1.165) is 41.5 Å². The maximum absolute atomic E-state index is 13.5. The van der Waals surface area contributed by atoms with Gasteiger partial charge in [0.15, 0.2) is 0 Å². The van der Waals surface area contributed by atoms with Crippen molar-refractivity contribution in [1.82, 2.24) is 29.4 Å². The number of carbonyl (C=O) groups excluding carboxylic acids is 1. The molecule has 0 atom stereocenters. The Balaban J connectivity index is 1.40. The lowest BCUT2D eigenvalue weighted by molar-refractivity contribution is 0.0711. The van der Waals surface area contributed by atoms with Crippen molar-refractivity contribution < 1.29 is 4.79 Å². The molecule has 0 aliphatic carbocycles. The third kappa shape index (κ3) is 3.79. The molecule has 7 nitrogen and oxygen atoms in total. The number of likely N-dealkylation sites (tertiary alicyclic amines) is 1. The summed E-state index contributed by atoms with van der Waals surface area (Å²) in [4.78, 5) is 16.5. The lowest BCUT2D eigenvalue weighted by Crippen LogP contribution is -2.38. The van der Waals surface area contributed by atoms with E-state index >= 15 is 0 Å². The highest BCUT2D eigenvalue weighted by Gasteiger charge is 2.30. The average Bonchev–Trinajstić information content (AvgIpc) is 3.59. The molecule has 5 rings (SSSR count). The van der Waals surface area contributed by atoms with Gasteiger partial charge in [0.1, 0.15) is 17.8 Å². The molecule has 1 amide bonds. The average molecular weight is 433 g/mol. The number of carbonyl (C=O) groups is 1. The fourth-order valence-electron chi connectivity index (χ4n) is 4.17. The summed E-state index contributed by atoms with van der Waals surface area (Å²) >= 11 is 1.60. The molecule has 0 radical (unpaired) electrons. The van der Waals surface area contributed by atoms with Crippen molar-refractivity contribution in [3.05, 3.63) is 71.8 Å². The third-order valence-electron chi connectivity index (χ3n) is 5.85. The summed E-state index contributed by atoms with van der Waals surface area (Å²) in [6.07, 6.45) is 5.45. The molecule has 8 heteroatoms. The Morgan fingerprint density at radius 3 is 2.65 bits per heavy atom. The minimum atomic E-state index is 0.0426. The van der Waals surface area contributed by atoms with E-state index in [4.69, 9.17) is 5.10 Å². The Morgan fingerprint density at radius 1 is 1.13 bits per heavy atom. The smallest absolute Gasteiger partial charge is 0.257 e. The summed E-state index contributed by atoms with van der Waals surface area (Å²) in [5.41, 5.74) is 2.34. The van der Waals surface area contributed by atoms with Crippen LogP contribution in [0.5, 0.6) is 0 Å². The SMILES string of the molecule is CCn1cnnc1C1CCN(C(=O)c2cn(-c3ccccc3)nc2-c2cccs2)CC1. The Hall–Kier alpha value is -3.26. The molecule has 1 fully saturated rings. The van der Waals surface area contributed by atoms with E-state index in [2.05, 4.69) is 21.7 Å². The topological polar surface area (TPSA) is 68.8 Å². The van der Waals surface area contributed by atoms with E-state index in [9.17, 15) is 4.79 Å². The molecule has 4 heterocycles. The summed E-state index contributed by atoms with van der Waals surface area (Å²) < 4.78 is 3.90. The Labute approximate surface area is 185 Å². The van der Waals surface area contributed by atoms with Crippen LogP contribution in [-0.2, 0) is 6.54 Å². The lowest BCUT2D eigenvalue weighted by atomic mass is 9.95. The van der Waals surface area contributed by atoms with E-state index in [-0.39, 0.29) is 5.91 Å². The van der Waals surface area contributed by atoms with E-state index in [0.29, 0.717) is 24.6 Å². The first kappa shape index (κ1) is 19.7. The van der Waals surface area contributed by atoms with Gasteiger partial charge in [-0.05, 0) is 43.3 Å². The molecular formula is C23H24N6OS. The van der Waals surface area contributed by atoms with Gasteiger partial charge in [0.05, 0.1) is 16.1 Å². The Bertz CT molecular complexity index is 1160. The van der Waals surface area contributed by atoms with Gasteiger partial charge in [-0.2, -0.15) is 5.10 Å². The zero-order valence-corrected chi connectivity index (χ0v) is 18.2. The van der Waals surface area contributed by atoms with Crippen LogP contribution in [0.25, 0.3) is 16.3 Å². The fraction of sp³-hybridized carbons (Fsp3) is 0.304. The van der Waals surface area contributed by atoms with Gasteiger partial charge in [0.2, 0.25) is 0 Å². The summed E-state index contributed by atoms with van der Waals surface area (Å²) in [7, 11) is 0. The van der Waals surface area contributed by atoms with Crippen LogP contribution < -0.4 is 0 Å². The predicted molar refractivity (Wildman–Crippen MR) is 120 cm³/mol. The molecule has 0 bridgehead atoms. The van der Waals surface area contributed by atoms with Crippen molar-refractivity contribution in [3.63, 3.8) is 0 Å². The van der Waals surface area contributed by atoms with E-state index in [1.54, 1.807) is 22.3 Å². The van der Waals surface area contributed by atoms with Crippen molar-refractivity contribution in [2.24, 2.45) is 0 Å². The minimum absolute atomic E-state index is 0.0426. The van der Waals surface area contributed by atoms with E-state index < -0.39 is 0 Å². The summed E-state index contributed by atoms with van der Waals surface area (Å²) in [6, 6.07) is 13.9. The number of amides is 1. The van der Waals surface area contributed by atoms with Gasteiger partial charge in [-0.3, -0.25) is 4.79 Å². The summed E-state index contributed by atoms with van der Waals surface area (Å²) in [5, 5.41) is 15.2. The fourth-order valence-corrected chi connectivity index (χ4v) is 4.90. The number of nitrogens with zero attached hydrogens (tertiary/aromatic N) is 6. The standard InChI is InChI=1S/C23H24N6OS/c1-2-27-16-24-25-22(27)17-10-12-28(13-11-17)23(30)19-15-29(18-7-4-3-5-8-18)26-21(19)20-9-6-14-31-20/h3-9,14-17H,2,10-13H2,1H3. The molecule has 0 saturated carbocycles. The first-order valence-electron chi connectivity index (χ1n) is 10.6. The van der Waals surface area contributed by atoms with Crippen LogP contribution >= 0.6 is 11.3 Å². The summed E-state index contributed by atoms with van der Waals surface area (Å²) in [6.45, 7) is 4.38. The largest absolute Gasteiger partial charge is 0.338 e. The highest BCUT2D eigenvalue weighted by Crippen LogP contribution is 2.31. The maximum Gasteiger partial charge on any atom is 0.257 e.